The zero-order valence-corrected chi connectivity index (χ0v) is 14.3. The molecule has 1 fully saturated rings. The van der Waals surface area contributed by atoms with Gasteiger partial charge in [0.2, 0.25) is 0 Å². The van der Waals surface area contributed by atoms with Crippen molar-refractivity contribution in [2.24, 2.45) is 0 Å². The summed E-state index contributed by atoms with van der Waals surface area (Å²) in [6.07, 6.45) is 1.37. The molecule has 1 aromatic rings. The minimum Gasteiger partial charge on any atom is -0.395 e. The molecule has 7 nitrogen and oxygen atoms in total. The first kappa shape index (κ1) is 17.2. The fourth-order valence-electron chi connectivity index (χ4n) is 2.84. The third-order valence-corrected chi connectivity index (χ3v) is 4.64. The first-order valence-electron chi connectivity index (χ1n) is 7.51. The molecule has 0 saturated carbocycles. The summed E-state index contributed by atoms with van der Waals surface area (Å²) in [5.74, 6) is -1.01. The third kappa shape index (κ3) is 3.12. The van der Waals surface area contributed by atoms with Crippen LogP contribution in [0.4, 0.5) is 5.69 Å². The molecule has 0 radical (unpaired) electrons. The van der Waals surface area contributed by atoms with Gasteiger partial charge in [-0.1, -0.05) is 23.2 Å². The number of carbonyl (C=O) groups is 2. The van der Waals surface area contributed by atoms with E-state index in [2.05, 4.69) is 9.88 Å². The zero-order valence-electron chi connectivity index (χ0n) is 12.8. The van der Waals surface area contributed by atoms with Crippen molar-refractivity contribution in [3.63, 3.8) is 0 Å². The van der Waals surface area contributed by atoms with Gasteiger partial charge in [0.1, 0.15) is 15.9 Å². The Morgan fingerprint density at radius 2 is 1.79 bits per heavy atom. The number of halogens is 2. The number of β-amino-alcohol motifs (C(OH)–C–C–N with tert-alkyl or cyclic N) is 1. The first-order chi connectivity index (χ1) is 11.5. The van der Waals surface area contributed by atoms with Crippen LogP contribution in [-0.4, -0.2) is 71.0 Å². The summed E-state index contributed by atoms with van der Waals surface area (Å²) in [5.41, 5.74) is 0.557. The number of aromatic nitrogens is 1. The molecule has 1 aromatic heterocycles. The summed E-state index contributed by atoms with van der Waals surface area (Å²) >= 11 is 11.9. The summed E-state index contributed by atoms with van der Waals surface area (Å²) in [4.78, 5) is 34.0. The number of aliphatic hydroxyl groups is 1. The first-order valence-corrected chi connectivity index (χ1v) is 8.27. The number of hydrogen-bond acceptors (Lipinski definition) is 6. The van der Waals surface area contributed by atoms with E-state index in [0.717, 1.165) is 4.90 Å². The molecular weight excluding hydrogens is 355 g/mol. The van der Waals surface area contributed by atoms with Gasteiger partial charge in [0, 0.05) is 32.7 Å². The van der Waals surface area contributed by atoms with Crippen LogP contribution in [0.2, 0.25) is 5.15 Å². The standard InChI is InChI=1S/C15H16Cl2N4O3/c16-11-2-1-10(9-18-11)21-14(23)12(17)13(15(21)24)20-5-3-19(4-6-20)7-8-22/h1-2,9,22H,3-8H2. The molecule has 2 aliphatic heterocycles. The summed E-state index contributed by atoms with van der Waals surface area (Å²) < 4.78 is 0. The van der Waals surface area contributed by atoms with Gasteiger partial charge >= 0.3 is 0 Å². The average molecular weight is 371 g/mol. The average Bonchev–Trinajstić information content (AvgIpc) is 2.80. The van der Waals surface area contributed by atoms with Crippen LogP contribution in [0.25, 0.3) is 0 Å². The van der Waals surface area contributed by atoms with Crippen molar-refractivity contribution in [2.75, 3.05) is 44.2 Å². The van der Waals surface area contributed by atoms with Crippen LogP contribution >= 0.6 is 23.2 Å². The van der Waals surface area contributed by atoms with Crippen LogP contribution in [0.5, 0.6) is 0 Å². The topological polar surface area (TPSA) is 77.0 Å². The molecule has 9 heteroatoms. The van der Waals surface area contributed by atoms with Gasteiger partial charge in [-0.05, 0) is 12.1 Å². The molecule has 0 aliphatic carbocycles. The lowest BCUT2D eigenvalue weighted by Gasteiger charge is -2.35. The third-order valence-electron chi connectivity index (χ3n) is 4.08. The van der Waals surface area contributed by atoms with Gasteiger partial charge in [0.15, 0.2) is 0 Å². The predicted octanol–water partition coefficient (Wildman–Crippen LogP) is 0.669. The van der Waals surface area contributed by atoms with E-state index in [1.807, 2.05) is 4.90 Å². The van der Waals surface area contributed by atoms with E-state index < -0.39 is 11.8 Å². The Bertz CT molecular complexity index is 684. The highest BCUT2D eigenvalue weighted by atomic mass is 35.5. The van der Waals surface area contributed by atoms with E-state index in [1.165, 1.54) is 12.3 Å². The second kappa shape index (κ2) is 7.06. The molecule has 3 heterocycles. The highest BCUT2D eigenvalue weighted by Gasteiger charge is 2.42. The Labute approximate surface area is 149 Å². The Hall–Kier alpha value is -1.67. The van der Waals surface area contributed by atoms with Gasteiger partial charge in [-0.3, -0.25) is 14.5 Å². The molecule has 2 amide bonds. The van der Waals surface area contributed by atoms with Gasteiger partial charge in [-0.2, -0.15) is 0 Å². The Balaban J connectivity index is 1.78. The molecule has 0 unspecified atom stereocenters. The fraction of sp³-hybridized carbons (Fsp3) is 0.400. The number of nitrogens with zero attached hydrogens (tertiary/aromatic N) is 4. The van der Waals surface area contributed by atoms with Gasteiger partial charge in [-0.15, -0.1) is 0 Å². The van der Waals surface area contributed by atoms with Crippen LogP contribution in [0.1, 0.15) is 0 Å². The maximum absolute atomic E-state index is 12.7. The number of pyridine rings is 1. The maximum atomic E-state index is 12.7. The summed E-state index contributed by atoms with van der Waals surface area (Å²) in [6.45, 7) is 3.21. The van der Waals surface area contributed by atoms with Crippen molar-refractivity contribution in [1.29, 1.82) is 0 Å². The van der Waals surface area contributed by atoms with Crippen LogP contribution in [0.15, 0.2) is 29.1 Å². The quantitative estimate of drug-likeness (QED) is 0.619. The molecule has 24 heavy (non-hydrogen) atoms. The molecule has 0 bridgehead atoms. The highest BCUT2D eigenvalue weighted by Crippen LogP contribution is 2.31. The van der Waals surface area contributed by atoms with Gasteiger partial charge < -0.3 is 10.0 Å². The van der Waals surface area contributed by atoms with E-state index in [0.29, 0.717) is 38.4 Å². The summed E-state index contributed by atoms with van der Waals surface area (Å²) in [7, 11) is 0. The number of imide groups is 1. The molecule has 0 aromatic carbocycles. The minimum atomic E-state index is -0.557. The van der Waals surface area contributed by atoms with Crippen molar-refractivity contribution in [3.8, 4) is 0 Å². The lowest BCUT2D eigenvalue weighted by Crippen LogP contribution is -2.48. The van der Waals surface area contributed by atoms with Crippen molar-refractivity contribution in [2.45, 2.75) is 0 Å². The monoisotopic (exact) mass is 370 g/mol. The highest BCUT2D eigenvalue weighted by molar-refractivity contribution is 6.52. The number of rotatable bonds is 4. The van der Waals surface area contributed by atoms with E-state index in [9.17, 15) is 9.59 Å². The van der Waals surface area contributed by atoms with Gasteiger partial charge in [0.25, 0.3) is 11.8 Å². The smallest absolute Gasteiger partial charge is 0.283 e. The van der Waals surface area contributed by atoms with Crippen LogP contribution in [0.3, 0.4) is 0 Å². The molecule has 128 valence electrons. The number of amides is 2. The molecule has 0 spiro atoms. The van der Waals surface area contributed by atoms with Crippen molar-refractivity contribution < 1.29 is 14.7 Å². The summed E-state index contributed by atoms with van der Waals surface area (Å²) in [5, 5.41) is 9.19. The van der Waals surface area contributed by atoms with Crippen LogP contribution < -0.4 is 4.90 Å². The summed E-state index contributed by atoms with van der Waals surface area (Å²) in [6, 6.07) is 3.06. The molecular formula is C15H16Cl2N4O3. The maximum Gasteiger partial charge on any atom is 0.283 e. The van der Waals surface area contributed by atoms with Crippen LogP contribution in [0, 0.1) is 0 Å². The van der Waals surface area contributed by atoms with Crippen LogP contribution in [-0.2, 0) is 9.59 Å². The Morgan fingerprint density at radius 3 is 2.38 bits per heavy atom. The Morgan fingerprint density at radius 1 is 1.08 bits per heavy atom. The van der Waals surface area contributed by atoms with E-state index in [-0.39, 0.29) is 22.5 Å². The van der Waals surface area contributed by atoms with E-state index in [4.69, 9.17) is 28.3 Å². The largest absolute Gasteiger partial charge is 0.395 e. The number of piperazine rings is 1. The molecule has 2 aliphatic rings. The minimum absolute atomic E-state index is 0.0782. The van der Waals surface area contributed by atoms with Gasteiger partial charge in [-0.25, -0.2) is 9.88 Å². The lowest BCUT2D eigenvalue weighted by atomic mass is 10.2. The van der Waals surface area contributed by atoms with E-state index in [1.54, 1.807) is 6.07 Å². The number of aliphatic hydroxyl groups excluding tert-OH is 1. The molecule has 1 N–H and O–H groups in total. The van der Waals surface area contributed by atoms with Crippen molar-refractivity contribution in [3.05, 3.63) is 34.2 Å². The number of anilines is 1. The second-order valence-corrected chi connectivity index (χ2v) is 6.26. The molecule has 0 atom stereocenters. The van der Waals surface area contributed by atoms with Gasteiger partial charge in [0.05, 0.1) is 18.5 Å². The normalized spacial score (nSPS) is 19.6. The lowest BCUT2D eigenvalue weighted by molar-refractivity contribution is -0.121. The SMILES string of the molecule is O=C1C(Cl)=C(N2CCN(CCO)CC2)C(=O)N1c1ccc(Cl)nc1. The van der Waals surface area contributed by atoms with Crippen molar-refractivity contribution >= 4 is 40.7 Å². The second-order valence-electron chi connectivity index (χ2n) is 5.50. The fourth-order valence-corrected chi connectivity index (χ4v) is 3.23. The Kier molecular flexibility index (Phi) is 5.05. The molecule has 3 rings (SSSR count). The van der Waals surface area contributed by atoms with Crippen molar-refractivity contribution in [1.82, 2.24) is 14.8 Å². The predicted molar refractivity (Wildman–Crippen MR) is 89.7 cm³/mol. The number of carbonyl (C=O) groups excluding carboxylic acids is 2. The van der Waals surface area contributed by atoms with E-state index >= 15 is 0 Å². The molecule has 1 saturated heterocycles. The zero-order chi connectivity index (χ0) is 17.3. The number of hydrogen-bond donors (Lipinski definition) is 1.